The van der Waals surface area contributed by atoms with Crippen molar-refractivity contribution in [1.82, 2.24) is 10.1 Å². The number of rotatable bonds is 4. The Balaban J connectivity index is 2.13. The molecule has 0 spiro atoms. The molecule has 0 aliphatic carbocycles. The van der Waals surface area contributed by atoms with Crippen molar-refractivity contribution in [1.29, 1.82) is 0 Å². The maximum absolute atomic E-state index is 5.93. The van der Waals surface area contributed by atoms with Crippen molar-refractivity contribution in [2.75, 3.05) is 0 Å². The third-order valence-electron chi connectivity index (χ3n) is 2.58. The highest BCUT2D eigenvalue weighted by Gasteiger charge is 2.10. The van der Waals surface area contributed by atoms with E-state index in [0.717, 1.165) is 16.9 Å². The lowest BCUT2D eigenvalue weighted by molar-refractivity contribution is 0.282. The van der Waals surface area contributed by atoms with E-state index in [1.165, 1.54) is 0 Å². The molecule has 0 amide bonds. The molecule has 96 valence electrons. The van der Waals surface area contributed by atoms with Crippen LogP contribution in [0.15, 0.2) is 22.7 Å². The van der Waals surface area contributed by atoms with Crippen LogP contribution in [0.3, 0.4) is 0 Å². The van der Waals surface area contributed by atoms with Gasteiger partial charge in [0.05, 0.1) is 0 Å². The van der Waals surface area contributed by atoms with Crippen molar-refractivity contribution >= 4 is 0 Å². The first-order valence-electron chi connectivity index (χ1n) is 5.84. The van der Waals surface area contributed by atoms with Gasteiger partial charge in [0.25, 0.3) is 0 Å². The first kappa shape index (κ1) is 12.6. The SMILES string of the molecule is Cc1ccc(OCc2noc(C)n2)c([C@@H](C)N)c1. The summed E-state index contributed by atoms with van der Waals surface area (Å²) >= 11 is 0. The number of nitrogens with two attached hydrogens (primary N) is 1. The number of nitrogens with zero attached hydrogens (tertiary/aromatic N) is 2. The average Bonchev–Trinajstić information content (AvgIpc) is 2.73. The Morgan fingerprint density at radius 2 is 2.17 bits per heavy atom. The molecular formula is C13H17N3O2. The lowest BCUT2D eigenvalue weighted by Crippen LogP contribution is -2.08. The van der Waals surface area contributed by atoms with Gasteiger partial charge in [-0.25, -0.2) is 0 Å². The van der Waals surface area contributed by atoms with E-state index in [2.05, 4.69) is 10.1 Å². The number of aromatic nitrogens is 2. The molecule has 2 rings (SSSR count). The van der Waals surface area contributed by atoms with E-state index in [4.69, 9.17) is 15.0 Å². The minimum Gasteiger partial charge on any atom is -0.485 e. The normalized spacial score (nSPS) is 12.4. The van der Waals surface area contributed by atoms with E-state index in [9.17, 15) is 0 Å². The van der Waals surface area contributed by atoms with Crippen LogP contribution in [0.1, 0.15) is 35.8 Å². The molecule has 0 fully saturated rings. The monoisotopic (exact) mass is 247 g/mol. The van der Waals surface area contributed by atoms with Crippen LogP contribution in [0.2, 0.25) is 0 Å². The van der Waals surface area contributed by atoms with Gasteiger partial charge in [-0.1, -0.05) is 22.9 Å². The van der Waals surface area contributed by atoms with Gasteiger partial charge in [-0.2, -0.15) is 4.98 Å². The second-order valence-corrected chi connectivity index (χ2v) is 4.35. The van der Waals surface area contributed by atoms with Gasteiger partial charge in [-0.15, -0.1) is 0 Å². The number of benzene rings is 1. The molecule has 0 unspecified atom stereocenters. The van der Waals surface area contributed by atoms with Crippen LogP contribution >= 0.6 is 0 Å². The Bertz CT molecular complexity index is 535. The molecule has 0 radical (unpaired) electrons. The summed E-state index contributed by atoms with van der Waals surface area (Å²) in [6.45, 7) is 5.98. The number of ether oxygens (including phenoxy) is 1. The second-order valence-electron chi connectivity index (χ2n) is 4.35. The van der Waals surface area contributed by atoms with E-state index in [-0.39, 0.29) is 12.6 Å². The summed E-state index contributed by atoms with van der Waals surface area (Å²) in [5.41, 5.74) is 8.07. The highest BCUT2D eigenvalue weighted by Crippen LogP contribution is 2.25. The van der Waals surface area contributed by atoms with Gasteiger partial charge < -0.3 is 15.0 Å². The van der Waals surface area contributed by atoms with Crippen molar-refractivity contribution < 1.29 is 9.26 Å². The smallest absolute Gasteiger partial charge is 0.223 e. The zero-order valence-corrected chi connectivity index (χ0v) is 10.8. The third kappa shape index (κ3) is 2.87. The van der Waals surface area contributed by atoms with E-state index in [1.807, 2.05) is 32.0 Å². The summed E-state index contributed by atoms with van der Waals surface area (Å²) in [4.78, 5) is 4.08. The summed E-state index contributed by atoms with van der Waals surface area (Å²) < 4.78 is 10.6. The first-order chi connectivity index (χ1) is 8.56. The number of hydrogen-bond donors (Lipinski definition) is 1. The van der Waals surface area contributed by atoms with Crippen molar-refractivity contribution in [3.05, 3.63) is 41.0 Å². The molecule has 5 nitrogen and oxygen atoms in total. The van der Waals surface area contributed by atoms with Gasteiger partial charge in [-0.05, 0) is 19.9 Å². The van der Waals surface area contributed by atoms with Crippen LogP contribution in [0.4, 0.5) is 0 Å². The molecule has 0 saturated carbocycles. The molecule has 2 aromatic rings. The molecule has 1 heterocycles. The van der Waals surface area contributed by atoms with Crippen LogP contribution < -0.4 is 10.5 Å². The Hall–Kier alpha value is -1.88. The second kappa shape index (κ2) is 5.18. The maximum atomic E-state index is 5.93. The third-order valence-corrected chi connectivity index (χ3v) is 2.58. The predicted molar refractivity (Wildman–Crippen MR) is 67.1 cm³/mol. The Morgan fingerprint density at radius 3 is 2.78 bits per heavy atom. The minimum atomic E-state index is -0.0769. The molecule has 2 N–H and O–H groups in total. The summed E-state index contributed by atoms with van der Waals surface area (Å²) in [6.07, 6.45) is 0. The lowest BCUT2D eigenvalue weighted by Gasteiger charge is -2.13. The van der Waals surface area contributed by atoms with Gasteiger partial charge in [0.2, 0.25) is 11.7 Å². The first-order valence-corrected chi connectivity index (χ1v) is 5.84. The Morgan fingerprint density at radius 1 is 1.39 bits per heavy atom. The summed E-state index contributed by atoms with van der Waals surface area (Å²) in [7, 11) is 0. The zero-order valence-electron chi connectivity index (χ0n) is 10.8. The van der Waals surface area contributed by atoms with Gasteiger partial charge >= 0.3 is 0 Å². The van der Waals surface area contributed by atoms with Gasteiger partial charge in [-0.3, -0.25) is 0 Å². The van der Waals surface area contributed by atoms with Crippen molar-refractivity contribution in [2.45, 2.75) is 33.4 Å². The van der Waals surface area contributed by atoms with E-state index in [1.54, 1.807) is 6.92 Å². The van der Waals surface area contributed by atoms with Crippen LogP contribution in [0.5, 0.6) is 5.75 Å². The van der Waals surface area contributed by atoms with Crippen LogP contribution in [-0.4, -0.2) is 10.1 Å². The molecule has 0 aliphatic rings. The fraction of sp³-hybridized carbons (Fsp3) is 0.385. The van der Waals surface area contributed by atoms with Crippen molar-refractivity contribution in [2.24, 2.45) is 5.73 Å². The van der Waals surface area contributed by atoms with Crippen LogP contribution in [0, 0.1) is 13.8 Å². The van der Waals surface area contributed by atoms with Gasteiger partial charge in [0.1, 0.15) is 5.75 Å². The molecule has 0 aliphatic heterocycles. The van der Waals surface area contributed by atoms with Crippen LogP contribution in [-0.2, 0) is 6.61 Å². The molecule has 0 saturated heterocycles. The lowest BCUT2D eigenvalue weighted by atomic mass is 10.1. The highest BCUT2D eigenvalue weighted by atomic mass is 16.5. The molecule has 1 aromatic heterocycles. The fourth-order valence-corrected chi connectivity index (χ4v) is 1.70. The number of aryl methyl sites for hydroxylation is 2. The Kier molecular flexibility index (Phi) is 3.62. The predicted octanol–water partition coefficient (Wildman–Crippen LogP) is 2.29. The van der Waals surface area contributed by atoms with Crippen molar-refractivity contribution in [3.8, 4) is 5.75 Å². The molecule has 0 bridgehead atoms. The van der Waals surface area contributed by atoms with Gasteiger partial charge in [0, 0.05) is 18.5 Å². The maximum Gasteiger partial charge on any atom is 0.223 e. The summed E-state index contributed by atoms with van der Waals surface area (Å²) in [5, 5.41) is 3.78. The van der Waals surface area contributed by atoms with E-state index in [0.29, 0.717) is 11.7 Å². The highest BCUT2D eigenvalue weighted by molar-refractivity contribution is 5.38. The van der Waals surface area contributed by atoms with Gasteiger partial charge in [0.15, 0.2) is 6.61 Å². The molecule has 5 heteroatoms. The summed E-state index contributed by atoms with van der Waals surface area (Å²) in [5.74, 6) is 1.83. The standard InChI is InChI=1S/C13H17N3O2/c1-8-4-5-12(11(6-8)9(2)14)17-7-13-15-10(3)18-16-13/h4-6,9H,7,14H2,1-3H3/t9-/m1/s1. The average molecular weight is 247 g/mol. The topological polar surface area (TPSA) is 74.2 Å². The quantitative estimate of drug-likeness (QED) is 0.897. The zero-order chi connectivity index (χ0) is 13.1. The fourth-order valence-electron chi connectivity index (χ4n) is 1.70. The summed E-state index contributed by atoms with van der Waals surface area (Å²) in [6, 6.07) is 5.86. The van der Waals surface area contributed by atoms with Crippen LogP contribution in [0.25, 0.3) is 0 Å². The largest absolute Gasteiger partial charge is 0.485 e. The van der Waals surface area contributed by atoms with E-state index < -0.39 is 0 Å². The minimum absolute atomic E-state index is 0.0769. The molecule has 18 heavy (non-hydrogen) atoms. The molecule has 1 aromatic carbocycles. The van der Waals surface area contributed by atoms with E-state index >= 15 is 0 Å². The van der Waals surface area contributed by atoms with Crippen molar-refractivity contribution in [3.63, 3.8) is 0 Å². The number of hydrogen-bond acceptors (Lipinski definition) is 5. The molecular weight excluding hydrogens is 230 g/mol. The molecule has 1 atom stereocenters. The Labute approximate surface area is 106 Å².